The second-order valence-corrected chi connectivity index (χ2v) is 7.66. The van der Waals surface area contributed by atoms with Crippen LogP contribution in [0.5, 0.6) is 5.75 Å². The van der Waals surface area contributed by atoms with Crippen LogP contribution in [0, 0.1) is 0 Å². The molecule has 0 fully saturated rings. The van der Waals surface area contributed by atoms with Gasteiger partial charge in [-0.3, -0.25) is 0 Å². The summed E-state index contributed by atoms with van der Waals surface area (Å²) >= 11 is 3.56. The van der Waals surface area contributed by atoms with Crippen molar-refractivity contribution in [3.05, 3.63) is 118 Å². The van der Waals surface area contributed by atoms with Crippen molar-refractivity contribution in [2.45, 2.75) is 5.60 Å². The van der Waals surface area contributed by atoms with Gasteiger partial charge in [0.25, 0.3) is 0 Å². The standard InChI is InChI=1S/C25H17BrO/c26-21-12-13-22-18(17-21)11-14-24-23(22)15-16-25(27-24,19-7-3-1-4-8-19)20-9-5-2-6-10-20/h1-17H. The molecule has 4 aromatic rings. The molecule has 4 aromatic carbocycles. The molecule has 1 heterocycles. The lowest BCUT2D eigenvalue weighted by atomic mass is 9.83. The lowest BCUT2D eigenvalue weighted by Gasteiger charge is -2.36. The second-order valence-electron chi connectivity index (χ2n) is 6.75. The highest BCUT2D eigenvalue weighted by atomic mass is 79.9. The van der Waals surface area contributed by atoms with E-state index < -0.39 is 5.60 Å². The van der Waals surface area contributed by atoms with Gasteiger partial charge in [0.2, 0.25) is 0 Å². The fraction of sp³-hybridized carbons (Fsp3) is 0.0400. The highest BCUT2D eigenvalue weighted by molar-refractivity contribution is 9.10. The maximum Gasteiger partial charge on any atom is 0.178 e. The summed E-state index contributed by atoms with van der Waals surface area (Å²) in [4.78, 5) is 0. The Morgan fingerprint density at radius 3 is 2.04 bits per heavy atom. The van der Waals surface area contributed by atoms with Crippen molar-refractivity contribution < 1.29 is 4.74 Å². The fourth-order valence-corrected chi connectivity index (χ4v) is 4.20. The molecule has 0 saturated carbocycles. The molecule has 5 rings (SSSR count). The van der Waals surface area contributed by atoms with Crippen LogP contribution in [0.2, 0.25) is 0 Å². The summed E-state index contributed by atoms with van der Waals surface area (Å²) in [5.41, 5.74) is 2.74. The lowest BCUT2D eigenvalue weighted by Crippen LogP contribution is -2.34. The Labute approximate surface area is 167 Å². The van der Waals surface area contributed by atoms with Crippen molar-refractivity contribution in [2.24, 2.45) is 0 Å². The van der Waals surface area contributed by atoms with Gasteiger partial charge in [-0.05, 0) is 41.1 Å². The molecule has 130 valence electrons. The van der Waals surface area contributed by atoms with Crippen molar-refractivity contribution in [1.82, 2.24) is 0 Å². The summed E-state index contributed by atoms with van der Waals surface area (Å²) in [6, 6.07) is 31.4. The number of benzene rings is 4. The minimum absolute atomic E-state index is 0.626. The first-order valence-electron chi connectivity index (χ1n) is 8.98. The summed E-state index contributed by atoms with van der Waals surface area (Å²) in [6.45, 7) is 0. The van der Waals surface area contributed by atoms with Gasteiger partial charge in [0.1, 0.15) is 5.75 Å². The van der Waals surface area contributed by atoms with E-state index in [1.807, 2.05) is 12.1 Å². The highest BCUT2D eigenvalue weighted by Gasteiger charge is 2.37. The van der Waals surface area contributed by atoms with E-state index in [0.29, 0.717) is 0 Å². The van der Waals surface area contributed by atoms with Gasteiger partial charge in [-0.2, -0.15) is 0 Å². The van der Waals surface area contributed by atoms with Crippen LogP contribution in [0.4, 0.5) is 0 Å². The van der Waals surface area contributed by atoms with Crippen LogP contribution in [-0.2, 0) is 5.60 Å². The Hall–Kier alpha value is -2.84. The quantitative estimate of drug-likeness (QED) is 0.346. The zero-order valence-electron chi connectivity index (χ0n) is 14.6. The fourth-order valence-electron chi connectivity index (χ4n) is 3.82. The smallest absolute Gasteiger partial charge is 0.178 e. The molecular weight excluding hydrogens is 396 g/mol. The van der Waals surface area contributed by atoms with Gasteiger partial charge in [0, 0.05) is 21.2 Å². The molecule has 0 saturated heterocycles. The Balaban J connectivity index is 1.73. The van der Waals surface area contributed by atoms with E-state index in [9.17, 15) is 0 Å². The first-order chi connectivity index (χ1) is 13.3. The van der Waals surface area contributed by atoms with E-state index in [1.54, 1.807) is 0 Å². The van der Waals surface area contributed by atoms with Gasteiger partial charge in [-0.1, -0.05) is 88.7 Å². The molecule has 0 bridgehead atoms. The van der Waals surface area contributed by atoms with Crippen LogP contribution in [0.3, 0.4) is 0 Å². The summed E-state index contributed by atoms with van der Waals surface area (Å²) in [5.74, 6) is 0.903. The minimum atomic E-state index is -0.626. The summed E-state index contributed by atoms with van der Waals surface area (Å²) in [7, 11) is 0. The molecule has 0 spiro atoms. The SMILES string of the molecule is Brc1ccc2c3c(ccc2c1)OC(c1ccccc1)(c1ccccc1)C=C3. The lowest BCUT2D eigenvalue weighted by molar-refractivity contribution is 0.161. The van der Waals surface area contributed by atoms with Crippen molar-refractivity contribution in [2.75, 3.05) is 0 Å². The van der Waals surface area contributed by atoms with Crippen LogP contribution in [0.15, 0.2) is 102 Å². The Morgan fingerprint density at radius 2 is 1.37 bits per heavy atom. The van der Waals surface area contributed by atoms with Gasteiger partial charge in [-0.25, -0.2) is 0 Å². The highest BCUT2D eigenvalue weighted by Crippen LogP contribution is 2.44. The number of hydrogen-bond donors (Lipinski definition) is 0. The molecular formula is C25H17BrO. The predicted octanol–water partition coefficient (Wildman–Crippen LogP) is 6.95. The van der Waals surface area contributed by atoms with Gasteiger partial charge in [0.05, 0.1) is 0 Å². The maximum absolute atomic E-state index is 6.73. The van der Waals surface area contributed by atoms with E-state index in [1.165, 1.54) is 10.8 Å². The normalized spacial score (nSPS) is 14.6. The van der Waals surface area contributed by atoms with Crippen molar-refractivity contribution in [3.63, 3.8) is 0 Å². The largest absolute Gasteiger partial charge is 0.473 e. The number of ether oxygens (including phenoxy) is 1. The summed E-state index contributed by atoms with van der Waals surface area (Å²) in [6.07, 6.45) is 4.39. The van der Waals surface area contributed by atoms with Gasteiger partial charge in [0.15, 0.2) is 5.60 Å². The molecule has 0 radical (unpaired) electrons. The van der Waals surface area contributed by atoms with Crippen molar-refractivity contribution in [1.29, 1.82) is 0 Å². The monoisotopic (exact) mass is 412 g/mol. The van der Waals surface area contributed by atoms with Gasteiger partial charge in [-0.15, -0.1) is 0 Å². The molecule has 1 nitrogen and oxygen atoms in total. The van der Waals surface area contributed by atoms with Crippen molar-refractivity contribution in [3.8, 4) is 5.75 Å². The third-order valence-electron chi connectivity index (χ3n) is 5.14. The molecule has 1 aliphatic heterocycles. The molecule has 0 atom stereocenters. The average molecular weight is 413 g/mol. The number of rotatable bonds is 2. The first kappa shape index (κ1) is 16.3. The van der Waals surface area contributed by atoms with E-state index in [4.69, 9.17) is 4.74 Å². The second kappa shape index (κ2) is 6.40. The molecule has 0 unspecified atom stereocenters. The van der Waals surface area contributed by atoms with E-state index in [-0.39, 0.29) is 0 Å². The molecule has 2 heteroatoms. The topological polar surface area (TPSA) is 9.23 Å². The van der Waals surface area contributed by atoms with E-state index in [2.05, 4.69) is 107 Å². The number of hydrogen-bond acceptors (Lipinski definition) is 1. The zero-order valence-corrected chi connectivity index (χ0v) is 16.2. The third kappa shape index (κ3) is 2.68. The number of fused-ring (bicyclic) bond motifs is 3. The Bertz CT molecular complexity index is 1110. The summed E-state index contributed by atoms with van der Waals surface area (Å²) < 4.78 is 7.81. The predicted molar refractivity (Wildman–Crippen MR) is 115 cm³/mol. The van der Waals surface area contributed by atoms with Gasteiger partial charge >= 0.3 is 0 Å². The van der Waals surface area contributed by atoms with Crippen molar-refractivity contribution >= 4 is 32.8 Å². The summed E-state index contributed by atoms with van der Waals surface area (Å²) in [5, 5.41) is 2.39. The first-order valence-corrected chi connectivity index (χ1v) is 9.77. The molecule has 0 amide bonds. The van der Waals surface area contributed by atoms with Crippen LogP contribution < -0.4 is 4.74 Å². The maximum atomic E-state index is 6.73. The van der Waals surface area contributed by atoms with Crippen LogP contribution in [0.25, 0.3) is 16.8 Å². The minimum Gasteiger partial charge on any atom is -0.473 e. The average Bonchev–Trinajstić information content (AvgIpc) is 2.74. The van der Waals surface area contributed by atoms with Gasteiger partial charge < -0.3 is 4.74 Å². The molecule has 27 heavy (non-hydrogen) atoms. The van der Waals surface area contributed by atoms with Crippen LogP contribution >= 0.6 is 15.9 Å². The Kier molecular flexibility index (Phi) is 3.87. The van der Waals surface area contributed by atoms with E-state index >= 15 is 0 Å². The molecule has 1 aliphatic rings. The van der Waals surface area contributed by atoms with Crippen LogP contribution in [-0.4, -0.2) is 0 Å². The molecule has 0 aliphatic carbocycles. The van der Waals surface area contributed by atoms with Crippen LogP contribution in [0.1, 0.15) is 16.7 Å². The number of halogens is 1. The third-order valence-corrected chi connectivity index (χ3v) is 5.64. The molecule has 0 aromatic heterocycles. The zero-order chi connectivity index (χ0) is 18.3. The molecule has 0 N–H and O–H groups in total. The van der Waals surface area contributed by atoms with E-state index in [0.717, 1.165) is 26.9 Å². The Morgan fingerprint density at radius 1 is 0.704 bits per heavy atom.